The fourth-order valence-electron chi connectivity index (χ4n) is 1.61. The molecule has 0 fully saturated rings. The minimum Gasteiger partial charge on any atom is -0.444 e. The lowest BCUT2D eigenvalue weighted by atomic mass is 10.2. The molecule has 96 valence electrons. The number of aromatic amines is 1. The number of carbonyl (C=O) groups excluding carboxylic acids is 1. The Hall–Kier alpha value is -1.49. The molecule has 1 aromatic carbocycles. The number of benzene rings is 1. The summed E-state index contributed by atoms with van der Waals surface area (Å²) < 4.78 is 6.17. The zero-order chi connectivity index (χ0) is 13.3. The molecule has 0 saturated carbocycles. The van der Waals surface area contributed by atoms with Crippen LogP contribution in [0.15, 0.2) is 28.9 Å². The number of fused-ring (bicyclic) bond motifs is 1. The van der Waals surface area contributed by atoms with Gasteiger partial charge in [0, 0.05) is 21.6 Å². The zero-order valence-corrected chi connectivity index (χ0v) is 12.1. The SMILES string of the molecule is CC(C)(C)OC(=O)Nc1c[nH]c2ccc(Br)cc12. The summed E-state index contributed by atoms with van der Waals surface area (Å²) in [5.74, 6) is 0. The molecular formula is C13H15BrN2O2. The highest BCUT2D eigenvalue weighted by Crippen LogP contribution is 2.26. The predicted molar refractivity (Wildman–Crippen MR) is 75.9 cm³/mol. The number of halogens is 1. The van der Waals surface area contributed by atoms with Gasteiger partial charge in [-0.2, -0.15) is 0 Å². The van der Waals surface area contributed by atoms with E-state index in [0.717, 1.165) is 15.4 Å². The van der Waals surface area contributed by atoms with Crippen LogP contribution >= 0.6 is 15.9 Å². The summed E-state index contributed by atoms with van der Waals surface area (Å²) in [7, 11) is 0. The Labute approximate surface area is 114 Å². The normalized spacial score (nSPS) is 11.6. The summed E-state index contributed by atoms with van der Waals surface area (Å²) in [6.07, 6.45) is 1.30. The maximum Gasteiger partial charge on any atom is 0.412 e. The molecule has 0 atom stereocenters. The third kappa shape index (κ3) is 3.04. The van der Waals surface area contributed by atoms with Crippen LogP contribution in [0.3, 0.4) is 0 Å². The number of carbonyl (C=O) groups is 1. The number of ether oxygens (including phenoxy) is 1. The van der Waals surface area contributed by atoms with Crippen molar-refractivity contribution in [2.45, 2.75) is 26.4 Å². The molecule has 0 bridgehead atoms. The van der Waals surface area contributed by atoms with Gasteiger partial charge in [0.25, 0.3) is 0 Å². The van der Waals surface area contributed by atoms with Gasteiger partial charge in [-0.1, -0.05) is 15.9 Å². The Morgan fingerprint density at radius 1 is 1.39 bits per heavy atom. The highest BCUT2D eigenvalue weighted by atomic mass is 79.9. The molecule has 0 aliphatic heterocycles. The number of hydrogen-bond donors (Lipinski definition) is 2. The van der Waals surface area contributed by atoms with Crippen molar-refractivity contribution < 1.29 is 9.53 Å². The van der Waals surface area contributed by atoms with Gasteiger partial charge in [-0.15, -0.1) is 0 Å². The number of nitrogens with one attached hydrogen (secondary N) is 2. The van der Waals surface area contributed by atoms with Crippen molar-refractivity contribution in [2.24, 2.45) is 0 Å². The van der Waals surface area contributed by atoms with Gasteiger partial charge in [0.15, 0.2) is 0 Å². The lowest BCUT2D eigenvalue weighted by Crippen LogP contribution is -2.27. The van der Waals surface area contributed by atoms with Gasteiger partial charge in [-0.25, -0.2) is 4.79 Å². The first-order valence-electron chi connectivity index (χ1n) is 5.62. The van der Waals surface area contributed by atoms with Gasteiger partial charge in [0.05, 0.1) is 5.69 Å². The molecule has 0 aliphatic carbocycles. The molecule has 2 aromatic rings. The van der Waals surface area contributed by atoms with Crippen molar-refractivity contribution in [1.82, 2.24) is 4.98 Å². The van der Waals surface area contributed by atoms with Crippen molar-refractivity contribution in [3.05, 3.63) is 28.9 Å². The van der Waals surface area contributed by atoms with E-state index in [9.17, 15) is 4.79 Å². The molecule has 18 heavy (non-hydrogen) atoms. The van der Waals surface area contributed by atoms with Gasteiger partial charge < -0.3 is 9.72 Å². The van der Waals surface area contributed by atoms with E-state index in [1.54, 1.807) is 6.20 Å². The van der Waals surface area contributed by atoms with Gasteiger partial charge in [-0.05, 0) is 39.0 Å². The van der Waals surface area contributed by atoms with Crippen molar-refractivity contribution in [1.29, 1.82) is 0 Å². The molecular weight excluding hydrogens is 296 g/mol. The molecule has 0 aliphatic rings. The Bertz CT molecular complexity index is 584. The summed E-state index contributed by atoms with van der Waals surface area (Å²) in [4.78, 5) is 14.8. The lowest BCUT2D eigenvalue weighted by Gasteiger charge is -2.19. The highest BCUT2D eigenvalue weighted by molar-refractivity contribution is 9.10. The Morgan fingerprint density at radius 2 is 2.11 bits per heavy atom. The number of hydrogen-bond acceptors (Lipinski definition) is 2. The van der Waals surface area contributed by atoms with Crippen molar-refractivity contribution in [3.63, 3.8) is 0 Å². The molecule has 2 N–H and O–H groups in total. The van der Waals surface area contributed by atoms with Gasteiger partial charge in [0.2, 0.25) is 0 Å². The Kier molecular flexibility index (Phi) is 3.34. The van der Waals surface area contributed by atoms with E-state index in [-0.39, 0.29) is 0 Å². The molecule has 2 rings (SSSR count). The smallest absolute Gasteiger partial charge is 0.412 e. The van der Waals surface area contributed by atoms with Crippen LogP contribution in [0.25, 0.3) is 10.9 Å². The third-order valence-electron chi connectivity index (χ3n) is 2.28. The van der Waals surface area contributed by atoms with Crippen molar-refractivity contribution >= 4 is 38.6 Å². The summed E-state index contributed by atoms with van der Waals surface area (Å²) in [6.45, 7) is 5.50. The van der Waals surface area contributed by atoms with Gasteiger partial charge in [-0.3, -0.25) is 5.32 Å². The van der Waals surface area contributed by atoms with Crippen molar-refractivity contribution in [3.8, 4) is 0 Å². The Balaban J connectivity index is 2.22. The van der Waals surface area contributed by atoms with E-state index < -0.39 is 11.7 Å². The van der Waals surface area contributed by atoms with E-state index >= 15 is 0 Å². The van der Waals surface area contributed by atoms with Crippen LogP contribution in [-0.2, 0) is 4.74 Å². The standard InChI is InChI=1S/C13H15BrN2O2/c1-13(2,3)18-12(17)16-11-7-15-10-5-4-8(14)6-9(10)11/h4-7,15H,1-3H3,(H,16,17). The summed E-state index contributed by atoms with van der Waals surface area (Å²) in [6, 6.07) is 5.83. The number of rotatable bonds is 1. The minimum atomic E-state index is -0.503. The first-order chi connectivity index (χ1) is 8.35. The molecule has 5 heteroatoms. The quantitative estimate of drug-likeness (QED) is 0.826. The van der Waals surface area contributed by atoms with E-state index in [4.69, 9.17) is 4.74 Å². The van der Waals surface area contributed by atoms with Crippen LogP contribution in [0.5, 0.6) is 0 Å². The topological polar surface area (TPSA) is 54.1 Å². The van der Waals surface area contributed by atoms with Crippen LogP contribution in [0.1, 0.15) is 20.8 Å². The maximum absolute atomic E-state index is 11.7. The predicted octanol–water partition coefficient (Wildman–Crippen LogP) is 4.28. The largest absolute Gasteiger partial charge is 0.444 e. The fourth-order valence-corrected chi connectivity index (χ4v) is 1.97. The summed E-state index contributed by atoms with van der Waals surface area (Å²) in [5, 5.41) is 3.68. The molecule has 1 heterocycles. The van der Waals surface area contributed by atoms with Gasteiger partial charge in [0.1, 0.15) is 5.60 Å². The number of amides is 1. The van der Waals surface area contributed by atoms with Crippen LogP contribution in [0.2, 0.25) is 0 Å². The molecule has 0 saturated heterocycles. The van der Waals surface area contributed by atoms with E-state index in [1.807, 2.05) is 39.0 Å². The molecule has 4 nitrogen and oxygen atoms in total. The maximum atomic E-state index is 11.7. The second kappa shape index (κ2) is 4.65. The molecule has 1 aromatic heterocycles. The highest BCUT2D eigenvalue weighted by Gasteiger charge is 2.17. The number of anilines is 1. The zero-order valence-electron chi connectivity index (χ0n) is 10.5. The van der Waals surface area contributed by atoms with E-state index in [0.29, 0.717) is 5.69 Å². The van der Waals surface area contributed by atoms with E-state index in [2.05, 4.69) is 26.2 Å². The number of aromatic nitrogens is 1. The van der Waals surface area contributed by atoms with Crippen molar-refractivity contribution in [2.75, 3.05) is 5.32 Å². The molecule has 0 radical (unpaired) electrons. The van der Waals surface area contributed by atoms with E-state index in [1.165, 1.54) is 0 Å². The second-order valence-electron chi connectivity index (χ2n) is 5.02. The molecule has 1 amide bonds. The summed E-state index contributed by atoms with van der Waals surface area (Å²) >= 11 is 3.41. The Morgan fingerprint density at radius 3 is 2.78 bits per heavy atom. The molecule has 0 spiro atoms. The summed E-state index contributed by atoms with van der Waals surface area (Å²) in [5.41, 5.74) is 1.17. The lowest BCUT2D eigenvalue weighted by molar-refractivity contribution is 0.0636. The van der Waals surface area contributed by atoms with Gasteiger partial charge >= 0.3 is 6.09 Å². The van der Waals surface area contributed by atoms with Crippen LogP contribution < -0.4 is 5.32 Å². The number of H-pyrrole nitrogens is 1. The van der Waals surface area contributed by atoms with Crippen LogP contribution in [0.4, 0.5) is 10.5 Å². The minimum absolute atomic E-state index is 0.455. The second-order valence-corrected chi connectivity index (χ2v) is 5.93. The van der Waals surface area contributed by atoms with Crippen LogP contribution in [-0.4, -0.2) is 16.7 Å². The average molecular weight is 311 g/mol. The van der Waals surface area contributed by atoms with Crippen LogP contribution in [0, 0.1) is 0 Å². The first-order valence-corrected chi connectivity index (χ1v) is 6.41. The molecule has 0 unspecified atom stereocenters. The fraction of sp³-hybridized carbons (Fsp3) is 0.308. The monoisotopic (exact) mass is 310 g/mol. The average Bonchev–Trinajstić information content (AvgIpc) is 2.58. The third-order valence-corrected chi connectivity index (χ3v) is 2.77. The first kappa shape index (κ1) is 13.0.